The fourth-order valence-electron chi connectivity index (χ4n) is 0.456. The molecule has 0 spiro atoms. The molecule has 0 unspecified atom stereocenters. The number of hydrogen-bond acceptors (Lipinski definition) is 1. The minimum atomic E-state index is 0. The first-order valence-electron chi connectivity index (χ1n) is 1.98. The molecule has 0 aromatic rings. The topological polar surface area (TPSA) is 12.4 Å². The van der Waals surface area contributed by atoms with Crippen molar-refractivity contribution in [3.05, 3.63) is 0 Å². The molecular weight excluding hydrogens is 72.9 g/mol. The van der Waals surface area contributed by atoms with Gasteiger partial charge in [0.1, 0.15) is 0 Å². The van der Waals surface area contributed by atoms with Crippen LogP contribution < -0.4 is 0 Å². The Hall–Kier alpha value is -0.265. The molecule has 0 atom stereocenters. The number of nitrogens with zero attached hydrogens (tertiary/aromatic N) is 1. The van der Waals surface area contributed by atoms with Crippen molar-refractivity contribution in [1.82, 2.24) is 0 Å². The Morgan fingerprint density at radius 2 is 2.33 bits per heavy atom. The van der Waals surface area contributed by atoms with Gasteiger partial charge in [0.25, 0.3) is 0 Å². The van der Waals surface area contributed by atoms with E-state index in [4.69, 9.17) is 0 Å². The lowest BCUT2D eigenvalue weighted by atomic mass is 10.4. The molecule has 1 rings (SSSR count). The lowest BCUT2D eigenvalue weighted by molar-refractivity contribution is 0.952. The van der Waals surface area contributed by atoms with Crippen molar-refractivity contribution in [3.63, 3.8) is 0 Å². The van der Waals surface area contributed by atoms with E-state index in [2.05, 4.69) is 4.99 Å². The highest BCUT2D eigenvalue weighted by Crippen LogP contribution is 1.92. The molecule has 6 heavy (non-hydrogen) atoms. The van der Waals surface area contributed by atoms with Crippen molar-refractivity contribution >= 4 is 14.6 Å². The van der Waals surface area contributed by atoms with E-state index < -0.39 is 0 Å². The summed E-state index contributed by atoms with van der Waals surface area (Å²) in [5, 5.41) is 0. The molecule has 31 valence electrons. The fraction of sp³-hybridized carbons (Fsp3) is 0.750. The van der Waals surface area contributed by atoms with Crippen LogP contribution >= 0.6 is 0 Å². The van der Waals surface area contributed by atoms with E-state index in [0.29, 0.717) is 0 Å². The molecule has 0 amide bonds. The molecule has 1 nitrogen and oxygen atoms in total. The predicted molar refractivity (Wildman–Crippen MR) is 28.3 cm³/mol. The molecule has 3 radical (unpaired) electrons. The van der Waals surface area contributed by atoms with Gasteiger partial charge in [-0.1, -0.05) is 0 Å². The Morgan fingerprint density at radius 3 is 2.50 bits per heavy atom. The maximum Gasteiger partial charge on any atom is 0.0388 e. The molecule has 2 heteroatoms. The second-order valence-corrected chi connectivity index (χ2v) is 1.23. The van der Waals surface area contributed by atoms with E-state index in [0.717, 1.165) is 6.54 Å². The van der Waals surface area contributed by atoms with Gasteiger partial charge in [-0.2, -0.15) is 0 Å². The molecule has 0 fully saturated rings. The van der Waals surface area contributed by atoms with E-state index in [9.17, 15) is 0 Å². The smallest absolute Gasteiger partial charge is 0.0388 e. The second kappa shape index (κ2) is 2.95. The average molecular weight is 79.9 g/mol. The van der Waals surface area contributed by atoms with Crippen LogP contribution in [0.15, 0.2) is 4.99 Å². The number of hydrogen-bond donors (Lipinski definition) is 0. The highest BCUT2D eigenvalue weighted by molar-refractivity contribution is 5.75. The predicted octanol–water partition coefficient (Wildman–Crippen LogP) is 0.470. The summed E-state index contributed by atoms with van der Waals surface area (Å²) in [5.74, 6) is 0. The van der Waals surface area contributed by atoms with Gasteiger partial charge in [0.2, 0.25) is 0 Å². The fourth-order valence-corrected chi connectivity index (χ4v) is 0.456. The van der Waals surface area contributed by atoms with Gasteiger partial charge in [0.15, 0.2) is 0 Å². The Bertz CT molecular complexity index is 45.5. The third-order valence-electron chi connectivity index (χ3n) is 0.750. The Labute approximate surface area is 40.0 Å². The summed E-state index contributed by atoms with van der Waals surface area (Å²) in [6.07, 6.45) is 4.47. The van der Waals surface area contributed by atoms with Crippen LogP contribution in [0.25, 0.3) is 0 Å². The normalized spacial score (nSPS) is 17.3. The molecule has 0 bridgehead atoms. The molecular formula is C4H7BN. The first kappa shape index (κ1) is 5.73. The molecule has 1 aliphatic rings. The van der Waals surface area contributed by atoms with E-state index in [1.807, 2.05) is 6.21 Å². The first-order valence-corrected chi connectivity index (χ1v) is 1.98. The van der Waals surface area contributed by atoms with Crippen molar-refractivity contribution in [2.24, 2.45) is 4.99 Å². The van der Waals surface area contributed by atoms with Gasteiger partial charge in [0, 0.05) is 15.0 Å². The summed E-state index contributed by atoms with van der Waals surface area (Å²) in [6, 6.07) is 0. The highest BCUT2D eigenvalue weighted by Gasteiger charge is 1.85. The second-order valence-electron chi connectivity index (χ2n) is 1.23. The minimum absolute atomic E-state index is 0. The van der Waals surface area contributed by atoms with Crippen molar-refractivity contribution in [2.45, 2.75) is 12.8 Å². The highest BCUT2D eigenvalue weighted by atomic mass is 14.7. The maximum atomic E-state index is 3.96. The van der Waals surface area contributed by atoms with Gasteiger partial charge in [-0.25, -0.2) is 0 Å². The van der Waals surface area contributed by atoms with Gasteiger partial charge in [-0.3, -0.25) is 4.99 Å². The zero-order chi connectivity index (χ0) is 3.54. The number of rotatable bonds is 0. The van der Waals surface area contributed by atoms with Crippen LogP contribution in [-0.4, -0.2) is 21.2 Å². The van der Waals surface area contributed by atoms with Crippen molar-refractivity contribution in [2.75, 3.05) is 6.54 Å². The van der Waals surface area contributed by atoms with Gasteiger partial charge in [0.05, 0.1) is 0 Å². The molecule has 1 aliphatic heterocycles. The van der Waals surface area contributed by atoms with E-state index in [1.54, 1.807) is 0 Å². The van der Waals surface area contributed by atoms with Gasteiger partial charge in [-0.15, -0.1) is 0 Å². The lowest BCUT2D eigenvalue weighted by Crippen LogP contribution is -1.62. The minimum Gasteiger partial charge on any atom is -0.298 e. The Kier molecular flexibility index (Phi) is 2.82. The first-order chi connectivity index (χ1) is 2.50. The van der Waals surface area contributed by atoms with Gasteiger partial charge < -0.3 is 0 Å². The van der Waals surface area contributed by atoms with Crippen molar-refractivity contribution in [1.29, 1.82) is 0 Å². The third kappa shape index (κ3) is 1.25. The zero-order valence-electron chi connectivity index (χ0n) is 3.72. The Morgan fingerprint density at radius 1 is 1.50 bits per heavy atom. The monoisotopic (exact) mass is 80.1 g/mol. The largest absolute Gasteiger partial charge is 0.298 e. The summed E-state index contributed by atoms with van der Waals surface area (Å²) >= 11 is 0. The van der Waals surface area contributed by atoms with E-state index >= 15 is 0 Å². The third-order valence-corrected chi connectivity index (χ3v) is 0.750. The number of aliphatic imine (C=N–C) groups is 1. The van der Waals surface area contributed by atoms with Crippen LogP contribution in [0.4, 0.5) is 0 Å². The van der Waals surface area contributed by atoms with E-state index in [1.165, 1.54) is 12.8 Å². The molecule has 1 heterocycles. The van der Waals surface area contributed by atoms with Crippen LogP contribution in [0.3, 0.4) is 0 Å². The quantitative estimate of drug-likeness (QED) is 0.375. The molecule has 0 saturated carbocycles. The molecule has 0 aromatic heterocycles. The zero-order valence-corrected chi connectivity index (χ0v) is 3.72. The van der Waals surface area contributed by atoms with E-state index in [-0.39, 0.29) is 8.41 Å². The van der Waals surface area contributed by atoms with Crippen molar-refractivity contribution < 1.29 is 0 Å². The van der Waals surface area contributed by atoms with Crippen LogP contribution in [0.1, 0.15) is 12.8 Å². The Balaban J connectivity index is 0.000000250. The molecule has 0 N–H and O–H groups in total. The summed E-state index contributed by atoms with van der Waals surface area (Å²) < 4.78 is 0. The molecule has 0 aromatic carbocycles. The summed E-state index contributed by atoms with van der Waals surface area (Å²) in [4.78, 5) is 3.96. The lowest BCUT2D eigenvalue weighted by Gasteiger charge is -1.67. The van der Waals surface area contributed by atoms with Crippen LogP contribution in [0.2, 0.25) is 0 Å². The standard InChI is InChI=1S/C4H7N.B/c1-2-4-5-3-1;/h3H,1-2,4H2;. The van der Waals surface area contributed by atoms with Crippen molar-refractivity contribution in [3.8, 4) is 0 Å². The summed E-state index contributed by atoms with van der Waals surface area (Å²) in [7, 11) is 0. The SMILES string of the molecule is C1=NCCC1.[B]. The molecule has 0 aliphatic carbocycles. The van der Waals surface area contributed by atoms with Crippen LogP contribution in [-0.2, 0) is 0 Å². The van der Waals surface area contributed by atoms with Crippen LogP contribution in [0, 0.1) is 0 Å². The van der Waals surface area contributed by atoms with Crippen LogP contribution in [0.5, 0.6) is 0 Å². The summed E-state index contributed by atoms with van der Waals surface area (Å²) in [5.41, 5.74) is 0. The maximum absolute atomic E-state index is 3.96. The van der Waals surface area contributed by atoms with Gasteiger partial charge >= 0.3 is 0 Å². The average Bonchev–Trinajstić information content (AvgIpc) is 1.76. The molecule has 0 saturated heterocycles. The summed E-state index contributed by atoms with van der Waals surface area (Å²) in [6.45, 7) is 1.07. The van der Waals surface area contributed by atoms with Gasteiger partial charge in [-0.05, 0) is 19.1 Å².